The highest BCUT2D eigenvalue weighted by molar-refractivity contribution is 7.10. The summed E-state index contributed by atoms with van der Waals surface area (Å²) in [4.78, 5) is 11.7. The van der Waals surface area contributed by atoms with Gasteiger partial charge in [0.05, 0.1) is 19.1 Å². The molecule has 2 N–H and O–H groups in total. The summed E-state index contributed by atoms with van der Waals surface area (Å²) in [6.07, 6.45) is 3.02. The normalized spacial score (nSPS) is 12.1. The predicted molar refractivity (Wildman–Crippen MR) is 65.4 cm³/mol. The lowest BCUT2D eigenvalue weighted by Gasteiger charge is -2.15. The van der Waals surface area contributed by atoms with Crippen molar-refractivity contribution in [3.63, 3.8) is 0 Å². The van der Waals surface area contributed by atoms with Crippen molar-refractivity contribution >= 4 is 22.6 Å². The lowest BCUT2D eigenvalue weighted by Crippen LogP contribution is -2.34. The van der Waals surface area contributed by atoms with Crippen LogP contribution < -0.4 is 10.6 Å². The second-order valence-corrected chi connectivity index (χ2v) is 4.19. The molecule has 8 heteroatoms. The Bertz CT molecular complexity index is 471. The van der Waals surface area contributed by atoms with Crippen LogP contribution in [0.4, 0.5) is 9.80 Å². The van der Waals surface area contributed by atoms with E-state index in [4.69, 9.17) is 9.15 Å². The smallest absolute Gasteiger partial charge is 0.320 e. The zero-order chi connectivity index (χ0) is 12.8. The predicted octanol–water partition coefficient (Wildman–Crippen LogP) is 1.64. The van der Waals surface area contributed by atoms with Gasteiger partial charge in [0.1, 0.15) is 16.8 Å². The Labute approximate surface area is 107 Å². The van der Waals surface area contributed by atoms with Gasteiger partial charge in [0.2, 0.25) is 0 Å². The van der Waals surface area contributed by atoms with Gasteiger partial charge in [-0.15, -0.1) is 5.10 Å². The van der Waals surface area contributed by atoms with E-state index in [0.29, 0.717) is 17.4 Å². The molecule has 2 amide bonds. The van der Waals surface area contributed by atoms with E-state index in [1.807, 2.05) is 0 Å². The number of hydrogen-bond acceptors (Lipinski definition) is 6. The van der Waals surface area contributed by atoms with Gasteiger partial charge in [0.15, 0.2) is 0 Å². The molecule has 0 saturated heterocycles. The number of urea groups is 1. The fraction of sp³-hybridized carbons (Fsp3) is 0.300. The molecule has 0 aliphatic rings. The van der Waals surface area contributed by atoms with Gasteiger partial charge in [-0.25, -0.2) is 4.79 Å². The summed E-state index contributed by atoms with van der Waals surface area (Å²) in [5, 5.41) is 9.56. The van der Waals surface area contributed by atoms with Gasteiger partial charge in [-0.05, 0) is 12.1 Å². The van der Waals surface area contributed by atoms with Crippen molar-refractivity contribution in [2.24, 2.45) is 0 Å². The first kappa shape index (κ1) is 12.5. The van der Waals surface area contributed by atoms with Crippen molar-refractivity contribution in [3.05, 3.63) is 30.4 Å². The van der Waals surface area contributed by atoms with Crippen LogP contribution in [0.5, 0.6) is 0 Å². The van der Waals surface area contributed by atoms with Crippen LogP contribution in [0.25, 0.3) is 0 Å². The molecule has 0 bridgehead atoms. The summed E-state index contributed by atoms with van der Waals surface area (Å²) in [6, 6.07) is 2.83. The summed E-state index contributed by atoms with van der Waals surface area (Å²) in [5.74, 6) is 0.634. The molecule has 2 aromatic heterocycles. The number of rotatable bonds is 5. The molecule has 2 aromatic rings. The molecule has 2 rings (SSSR count). The molecule has 0 unspecified atom stereocenters. The van der Waals surface area contributed by atoms with Crippen molar-refractivity contribution in [2.75, 3.05) is 19.0 Å². The molecule has 0 aliphatic heterocycles. The Morgan fingerprint density at radius 1 is 1.67 bits per heavy atom. The number of anilines is 1. The number of aromatic nitrogens is 2. The van der Waals surface area contributed by atoms with E-state index in [1.165, 1.54) is 6.20 Å². The number of carbonyl (C=O) groups excluding carboxylic acids is 1. The standard InChI is InChI=1S/C10H12N4O3S/c1-16-6-7(8-3-2-4-17-8)12-10(15)13-9-5-11-14-18-9/h2-5,7H,6H2,1H3,(H2,12,13,15)/t7-/m1/s1. The number of ether oxygens (including phenoxy) is 1. The molecule has 0 saturated carbocycles. The van der Waals surface area contributed by atoms with Gasteiger partial charge in [0.25, 0.3) is 0 Å². The average molecular weight is 268 g/mol. The molecular formula is C10H12N4O3S. The minimum absolute atomic E-state index is 0.321. The highest BCUT2D eigenvalue weighted by atomic mass is 32.1. The second-order valence-electron chi connectivity index (χ2n) is 3.40. The Morgan fingerprint density at radius 3 is 3.17 bits per heavy atom. The van der Waals surface area contributed by atoms with Crippen LogP contribution in [-0.2, 0) is 4.74 Å². The maximum atomic E-state index is 11.7. The van der Waals surface area contributed by atoms with Gasteiger partial charge in [-0.1, -0.05) is 4.49 Å². The van der Waals surface area contributed by atoms with Crippen molar-refractivity contribution in [1.29, 1.82) is 0 Å². The molecule has 0 aromatic carbocycles. The quantitative estimate of drug-likeness (QED) is 0.860. The molecule has 1 atom stereocenters. The molecule has 2 heterocycles. The average Bonchev–Trinajstić information content (AvgIpc) is 3.00. The largest absolute Gasteiger partial charge is 0.467 e. The van der Waals surface area contributed by atoms with Crippen LogP contribution in [0.1, 0.15) is 11.8 Å². The highest BCUT2D eigenvalue weighted by Crippen LogP contribution is 2.14. The first-order chi connectivity index (χ1) is 8.79. The SMILES string of the molecule is COC[C@@H](NC(=O)Nc1cnns1)c1ccco1. The zero-order valence-corrected chi connectivity index (χ0v) is 10.4. The first-order valence-corrected chi connectivity index (χ1v) is 5.94. The van der Waals surface area contributed by atoms with E-state index in [0.717, 1.165) is 11.5 Å². The number of nitrogens with one attached hydrogen (secondary N) is 2. The van der Waals surface area contributed by atoms with E-state index in [9.17, 15) is 4.79 Å². The maximum Gasteiger partial charge on any atom is 0.320 e. The monoisotopic (exact) mass is 268 g/mol. The molecule has 0 aliphatic carbocycles. The molecular weight excluding hydrogens is 256 g/mol. The van der Waals surface area contributed by atoms with Gasteiger partial charge >= 0.3 is 6.03 Å². The third kappa shape index (κ3) is 3.28. The topological polar surface area (TPSA) is 89.3 Å². The van der Waals surface area contributed by atoms with Gasteiger partial charge < -0.3 is 14.5 Å². The molecule has 7 nitrogen and oxygen atoms in total. The van der Waals surface area contributed by atoms with Crippen LogP contribution in [0.15, 0.2) is 29.0 Å². The van der Waals surface area contributed by atoms with Crippen LogP contribution in [-0.4, -0.2) is 29.3 Å². The Hall–Kier alpha value is -1.93. The van der Waals surface area contributed by atoms with Crippen molar-refractivity contribution in [2.45, 2.75) is 6.04 Å². The molecule has 0 fully saturated rings. The summed E-state index contributed by atoms with van der Waals surface area (Å²) in [6.45, 7) is 0.321. The van der Waals surface area contributed by atoms with E-state index in [1.54, 1.807) is 25.5 Å². The summed E-state index contributed by atoms with van der Waals surface area (Å²) < 4.78 is 13.9. The van der Waals surface area contributed by atoms with E-state index in [2.05, 4.69) is 20.2 Å². The lowest BCUT2D eigenvalue weighted by molar-refractivity contribution is 0.159. The third-order valence-corrected chi connectivity index (χ3v) is 2.70. The van der Waals surface area contributed by atoms with Gasteiger partial charge in [-0.2, -0.15) is 0 Å². The van der Waals surface area contributed by atoms with E-state index >= 15 is 0 Å². The molecule has 18 heavy (non-hydrogen) atoms. The number of amides is 2. The summed E-state index contributed by atoms with van der Waals surface area (Å²) >= 11 is 1.10. The van der Waals surface area contributed by atoms with Crippen LogP contribution in [0.2, 0.25) is 0 Å². The van der Waals surface area contributed by atoms with Crippen molar-refractivity contribution in [1.82, 2.24) is 14.9 Å². The number of carbonyl (C=O) groups is 1. The number of nitrogens with zero attached hydrogens (tertiary/aromatic N) is 2. The second kappa shape index (κ2) is 6.12. The minimum Gasteiger partial charge on any atom is -0.467 e. The fourth-order valence-electron chi connectivity index (χ4n) is 1.38. The van der Waals surface area contributed by atoms with Crippen LogP contribution in [0.3, 0.4) is 0 Å². The minimum atomic E-state index is -0.362. The highest BCUT2D eigenvalue weighted by Gasteiger charge is 2.17. The first-order valence-electron chi connectivity index (χ1n) is 5.17. The van der Waals surface area contributed by atoms with Crippen LogP contribution >= 0.6 is 11.5 Å². The number of furan rings is 1. The van der Waals surface area contributed by atoms with Gasteiger partial charge in [-0.3, -0.25) is 5.32 Å². The lowest BCUT2D eigenvalue weighted by atomic mass is 10.2. The molecule has 96 valence electrons. The number of hydrogen-bond donors (Lipinski definition) is 2. The third-order valence-electron chi connectivity index (χ3n) is 2.12. The molecule has 0 spiro atoms. The van der Waals surface area contributed by atoms with Crippen LogP contribution in [0, 0.1) is 0 Å². The van der Waals surface area contributed by atoms with Crippen molar-refractivity contribution < 1.29 is 13.9 Å². The van der Waals surface area contributed by atoms with Gasteiger partial charge in [0, 0.05) is 18.6 Å². The van der Waals surface area contributed by atoms with E-state index in [-0.39, 0.29) is 12.1 Å². The Balaban J connectivity index is 1.94. The Kier molecular flexibility index (Phi) is 4.26. The molecule has 0 radical (unpaired) electrons. The number of methoxy groups -OCH3 is 1. The summed E-state index contributed by atoms with van der Waals surface area (Å²) in [7, 11) is 1.56. The fourth-order valence-corrected chi connectivity index (χ4v) is 1.79. The van der Waals surface area contributed by atoms with Crippen molar-refractivity contribution in [3.8, 4) is 0 Å². The van der Waals surface area contributed by atoms with E-state index < -0.39 is 0 Å². The Morgan fingerprint density at radius 2 is 2.56 bits per heavy atom. The zero-order valence-electron chi connectivity index (χ0n) is 9.62. The maximum absolute atomic E-state index is 11.7. The summed E-state index contributed by atoms with van der Waals surface area (Å²) in [5.41, 5.74) is 0.